The molecule has 5 aliphatic rings. The smallest absolute Gasteiger partial charge is 0.314 e. The van der Waals surface area contributed by atoms with Crippen LogP contribution in [0, 0.1) is 39.4 Å². The first-order valence-corrected chi connectivity index (χ1v) is 13.5. The Kier molecular flexibility index (Phi) is 5.22. The predicted octanol–water partition coefficient (Wildman–Crippen LogP) is 6.17. The van der Waals surface area contributed by atoms with Crippen molar-refractivity contribution in [2.75, 3.05) is 0 Å². The lowest BCUT2D eigenvalue weighted by atomic mass is 9.41. The molecule has 4 nitrogen and oxygen atoms in total. The van der Waals surface area contributed by atoms with Gasteiger partial charge in [0.2, 0.25) is 0 Å². The van der Waals surface area contributed by atoms with Gasteiger partial charge in [-0.3, -0.25) is 9.59 Å². The van der Waals surface area contributed by atoms with E-state index in [0.29, 0.717) is 25.2 Å². The van der Waals surface area contributed by atoms with E-state index in [9.17, 15) is 14.7 Å². The van der Waals surface area contributed by atoms with Crippen molar-refractivity contribution >= 4 is 11.8 Å². The van der Waals surface area contributed by atoms with E-state index in [-0.39, 0.29) is 40.5 Å². The number of hydrogen-bond acceptors (Lipinski definition) is 4. The number of aliphatic hydroxyl groups excluding tert-OH is 1. The average Bonchev–Trinajstić information content (AvgIpc) is 3.11. The van der Waals surface area contributed by atoms with E-state index >= 15 is 0 Å². The van der Waals surface area contributed by atoms with Gasteiger partial charge in [-0.2, -0.15) is 0 Å². The number of aliphatic hydroxyl groups is 1. The van der Waals surface area contributed by atoms with E-state index < -0.39 is 16.4 Å². The lowest BCUT2D eigenvalue weighted by Gasteiger charge is -2.63. The molecule has 1 aliphatic heterocycles. The Labute approximate surface area is 205 Å². The van der Waals surface area contributed by atoms with Crippen molar-refractivity contribution in [2.24, 2.45) is 39.4 Å². The van der Waals surface area contributed by atoms with Crippen LogP contribution in [-0.2, 0) is 14.3 Å². The third kappa shape index (κ3) is 2.81. The molecule has 1 saturated heterocycles. The van der Waals surface area contributed by atoms with E-state index in [4.69, 9.17) is 4.74 Å². The summed E-state index contributed by atoms with van der Waals surface area (Å²) in [4.78, 5) is 27.6. The van der Waals surface area contributed by atoms with Gasteiger partial charge >= 0.3 is 5.97 Å². The number of ether oxygens (including phenoxy) is 1. The highest BCUT2D eigenvalue weighted by atomic mass is 16.6. The molecule has 5 rings (SSSR count). The van der Waals surface area contributed by atoms with Crippen LogP contribution in [0.25, 0.3) is 0 Å². The average molecular weight is 469 g/mol. The first kappa shape index (κ1) is 24.3. The van der Waals surface area contributed by atoms with Gasteiger partial charge in [-0.15, -0.1) is 0 Å². The maximum Gasteiger partial charge on any atom is 0.314 e. The topological polar surface area (TPSA) is 63.6 Å². The number of fused-ring (bicyclic) bond motifs is 4. The number of carbonyl (C=O) groups excluding carboxylic acids is 2. The van der Waals surface area contributed by atoms with Gasteiger partial charge in [0.05, 0.1) is 17.4 Å². The molecular weight excluding hydrogens is 424 g/mol. The first-order valence-electron chi connectivity index (χ1n) is 13.5. The van der Waals surface area contributed by atoms with Gasteiger partial charge in [0.15, 0.2) is 0 Å². The number of hydrogen-bond donors (Lipinski definition) is 1. The van der Waals surface area contributed by atoms with E-state index in [1.165, 1.54) is 11.1 Å². The number of ketones is 1. The Bertz CT molecular complexity index is 986. The van der Waals surface area contributed by atoms with Crippen LogP contribution >= 0.6 is 0 Å². The zero-order chi connectivity index (χ0) is 24.9. The van der Waals surface area contributed by atoms with Crippen LogP contribution in [0.3, 0.4) is 0 Å². The van der Waals surface area contributed by atoms with E-state index in [1.54, 1.807) is 0 Å². The van der Waals surface area contributed by atoms with Gasteiger partial charge in [-0.05, 0) is 93.8 Å². The minimum absolute atomic E-state index is 0.0205. The van der Waals surface area contributed by atoms with E-state index in [2.05, 4.69) is 53.7 Å². The molecule has 0 bridgehead atoms. The molecule has 8 atom stereocenters. The van der Waals surface area contributed by atoms with Crippen LogP contribution in [0.4, 0.5) is 0 Å². The fourth-order valence-corrected chi connectivity index (χ4v) is 9.78. The first-order chi connectivity index (χ1) is 15.7. The third-order valence-corrected chi connectivity index (χ3v) is 11.5. The van der Waals surface area contributed by atoms with E-state index in [0.717, 1.165) is 32.1 Å². The molecular formula is C30H44O4. The van der Waals surface area contributed by atoms with E-state index in [1.807, 2.05) is 6.92 Å². The zero-order valence-electron chi connectivity index (χ0n) is 22.3. The van der Waals surface area contributed by atoms with Crippen LogP contribution in [0.5, 0.6) is 0 Å². The van der Waals surface area contributed by atoms with Crippen molar-refractivity contribution in [1.29, 1.82) is 0 Å². The summed E-state index contributed by atoms with van der Waals surface area (Å²) >= 11 is 0. The summed E-state index contributed by atoms with van der Waals surface area (Å²) in [6.45, 7) is 15.3. The molecule has 1 N–H and O–H groups in total. The van der Waals surface area contributed by atoms with Crippen molar-refractivity contribution in [3.05, 3.63) is 23.3 Å². The zero-order valence-corrected chi connectivity index (χ0v) is 22.3. The van der Waals surface area contributed by atoms with Crippen LogP contribution in [-0.4, -0.2) is 28.6 Å². The van der Waals surface area contributed by atoms with Crippen LogP contribution in [0.1, 0.15) is 99.8 Å². The van der Waals surface area contributed by atoms with Gasteiger partial charge in [0.1, 0.15) is 11.4 Å². The minimum Gasteiger partial charge on any atom is -0.458 e. The highest BCUT2D eigenvalue weighted by Crippen LogP contribution is 2.75. The summed E-state index contributed by atoms with van der Waals surface area (Å²) in [5.41, 5.74) is 0.771. The quantitative estimate of drug-likeness (QED) is 0.397. The lowest BCUT2D eigenvalue weighted by molar-refractivity contribution is -0.163. The second-order valence-corrected chi connectivity index (χ2v) is 13.8. The molecule has 188 valence electrons. The number of allylic oxidation sites excluding steroid dienone is 4. The van der Waals surface area contributed by atoms with Crippen molar-refractivity contribution < 1.29 is 19.4 Å². The lowest BCUT2D eigenvalue weighted by Crippen LogP contribution is -2.58. The van der Waals surface area contributed by atoms with Crippen molar-refractivity contribution in [3.8, 4) is 0 Å². The number of cyclic esters (lactones) is 1. The van der Waals surface area contributed by atoms with Crippen molar-refractivity contribution in [1.82, 2.24) is 0 Å². The molecule has 3 saturated carbocycles. The molecule has 34 heavy (non-hydrogen) atoms. The Morgan fingerprint density at radius 2 is 1.82 bits per heavy atom. The van der Waals surface area contributed by atoms with Crippen molar-refractivity contribution in [3.63, 3.8) is 0 Å². The molecule has 0 aromatic carbocycles. The molecule has 0 radical (unpaired) electrons. The highest BCUT2D eigenvalue weighted by Gasteiger charge is 2.78. The predicted molar refractivity (Wildman–Crippen MR) is 133 cm³/mol. The summed E-state index contributed by atoms with van der Waals surface area (Å²) in [6, 6.07) is 0. The number of carbonyl (C=O) groups is 2. The minimum atomic E-state index is -0.731. The van der Waals surface area contributed by atoms with Crippen LogP contribution < -0.4 is 0 Å². The molecule has 1 spiro atoms. The fourth-order valence-electron chi connectivity index (χ4n) is 9.78. The summed E-state index contributed by atoms with van der Waals surface area (Å²) in [5.74, 6) is 0.398. The summed E-state index contributed by atoms with van der Waals surface area (Å²) in [6.07, 6.45) is 10.7. The van der Waals surface area contributed by atoms with Gasteiger partial charge in [-0.25, -0.2) is 0 Å². The highest BCUT2D eigenvalue weighted by molar-refractivity contribution is 5.99. The van der Waals surface area contributed by atoms with Gasteiger partial charge < -0.3 is 9.84 Å². The SMILES string of the molecule is CC(C)=CCCC1(C)OC(=O)C23CC=C4C(CCC5C4(C)CCC(O)C5(C)C)C2(C)CC(=O)C13. The number of rotatable bonds is 3. The molecule has 0 aromatic heterocycles. The third-order valence-electron chi connectivity index (χ3n) is 11.5. The number of Topliss-reactive ketones (excluding diaryl/α,β-unsaturated/α-hetero) is 1. The molecule has 0 amide bonds. The van der Waals surface area contributed by atoms with Gasteiger partial charge in [-0.1, -0.05) is 51.0 Å². The molecule has 1 heterocycles. The Hall–Kier alpha value is -1.42. The number of esters is 1. The summed E-state index contributed by atoms with van der Waals surface area (Å²) < 4.78 is 6.20. The largest absolute Gasteiger partial charge is 0.458 e. The maximum atomic E-state index is 13.8. The summed E-state index contributed by atoms with van der Waals surface area (Å²) in [5, 5.41) is 10.8. The standard InChI is InChI=1S/C30H44O4/c1-18(2)9-8-14-29(7)24-21(31)17-28(6)20-10-11-22-26(3,4)23(32)13-15-27(22,5)19(20)12-16-30(24,28)25(33)34-29/h9,12,20,22-24,32H,8,10-11,13-17H2,1-7H3. The molecule has 4 heteroatoms. The maximum absolute atomic E-state index is 13.8. The monoisotopic (exact) mass is 468 g/mol. The Balaban J connectivity index is 1.56. The fraction of sp³-hybridized carbons (Fsp3) is 0.800. The Morgan fingerprint density at radius 3 is 2.50 bits per heavy atom. The normalized spacial score (nSPS) is 48.8. The van der Waals surface area contributed by atoms with Crippen LogP contribution in [0.15, 0.2) is 23.3 Å². The second kappa shape index (κ2) is 7.31. The summed E-state index contributed by atoms with van der Waals surface area (Å²) in [7, 11) is 0. The molecule has 0 aromatic rings. The second-order valence-electron chi connectivity index (χ2n) is 13.8. The van der Waals surface area contributed by atoms with Crippen molar-refractivity contribution in [2.45, 2.75) is 112 Å². The molecule has 4 aliphatic carbocycles. The molecule has 8 unspecified atom stereocenters. The Morgan fingerprint density at radius 1 is 1.12 bits per heavy atom. The van der Waals surface area contributed by atoms with Gasteiger partial charge in [0.25, 0.3) is 0 Å². The molecule has 4 fully saturated rings. The van der Waals surface area contributed by atoms with Gasteiger partial charge in [0, 0.05) is 6.42 Å². The van der Waals surface area contributed by atoms with Crippen LogP contribution in [0.2, 0.25) is 0 Å².